The summed E-state index contributed by atoms with van der Waals surface area (Å²) in [5.41, 5.74) is 0.309. The molecule has 0 aliphatic carbocycles. The predicted molar refractivity (Wildman–Crippen MR) is 67.2 cm³/mol. The Kier molecular flexibility index (Phi) is 5.04. The molecule has 0 heterocycles. The van der Waals surface area contributed by atoms with Crippen LogP contribution in [0.4, 0.5) is 13.2 Å². The molecule has 4 heteroatoms. The van der Waals surface area contributed by atoms with Gasteiger partial charge in [0.2, 0.25) is 0 Å². The molecule has 1 rings (SSSR count). The topological polar surface area (TPSA) is 0 Å². The van der Waals surface area contributed by atoms with Gasteiger partial charge in [-0.15, -0.1) is 0 Å². The summed E-state index contributed by atoms with van der Waals surface area (Å²) in [6.45, 7) is 4.26. The van der Waals surface area contributed by atoms with E-state index in [1.807, 2.05) is 0 Å². The third kappa shape index (κ3) is 4.70. The molecule has 0 radical (unpaired) electrons. The molecule has 0 spiro atoms. The molecule has 0 saturated carbocycles. The summed E-state index contributed by atoms with van der Waals surface area (Å²) >= 11 is 3.51. The minimum Gasteiger partial charge on any atom is -0.166 e. The molecule has 0 nitrogen and oxygen atoms in total. The fraction of sp³-hybridized carbons (Fsp3) is 0.538. The number of hydrogen-bond acceptors (Lipinski definition) is 0. The minimum absolute atomic E-state index is 0.132. The van der Waals surface area contributed by atoms with E-state index in [0.29, 0.717) is 5.92 Å². The molecule has 1 aromatic carbocycles. The quantitative estimate of drug-likeness (QED) is 0.637. The first-order valence-corrected chi connectivity index (χ1v) is 6.53. The van der Waals surface area contributed by atoms with Gasteiger partial charge < -0.3 is 0 Å². The van der Waals surface area contributed by atoms with Gasteiger partial charge in [0.25, 0.3) is 0 Å². The van der Waals surface area contributed by atoms with Crippen molar-refractivity contribution in [3.63, 3.8) is 0 Å². The first-order chi connectivity index (χ1) is 7.80. The Morgan fingerprint density at radius 3 is 2.00 bits per heavy atom. The molecule has 0 aliphatic rings. The summed E-state index contributed by atoms with van der Waals surface area (Å²) in [6, 6.07) is 5.36. The average molecular weight is 309 g/mol. The Morgan fingerprint density at radius 1 is 1.06 bits per heavy atom. The zero-order valence-corrected chi connectivity index (χ0v) is 11.5. The lowest BCUT2D eigenvalue weighted by atomic mass is 10.0. The van der Waals surface area contributed by atoms with Crippen molar-refractivity contribution < 1.29 is 13.2 Å². The summed E-state index contributed by atoms with van der Waals surface area (Å²) < 4.78 is 37.1. The number of alkyl halides is 4. The van der Waals surface area contributed by atoms with E-state index < -0.39 is 11.7 Å². The third-order valence-corrected chi connectivity index (χ3v) is 3.58. The smallest absolute Gasteiger partial charge is 0.166 e. The molecule has 0 bridgehead atoms. The molecule has 0 N–H and O–H groups in total. The van der Waals surface area contributed by atoms with Crippen LogP contribution in [0.1, 0.15) is 42.6 Å². The van der Waals surface area contributed by atoms with E-state index in [4.69, 9.17) is 0 Å². The Balaban J connectivity index is 2.67. The molecule has 0 saturated heterocycles. The first kappa shape index (κ1) is 14.6. The van der Waals surface area contributed by atoms with Crippen molar-refractivity contribution in [2.75, 3.05) is 0 Å². The van der Waals surface area contributed by atoms with Gasteiger partial charge in [-0.25, -0.2) is 0 Å². The SMILES string of the molecule is CC(C)CC[C@@H](Br)c1ccc(C(F)(F)F)cc1. The van der Waals surface area contributed by atoms with Crippen molar-refractivity contribution in [2.24, 2.45) is 5.92 Å². The summed E-state index contributed by atoms with van der Waals surface area (Å²) in [4.78, 5) is 0.132. The number of rotatable bonds is 4. The Hall–Kier alpha value is -0.510. The lowest BCUT2D eigenvalue weighted by Gasteiger charge is -2.13. The third-order valence-electron chi connectivity index (χ3n) is 2.60. The molecule has 0 aromatic heterocycles. The van der Waals surface area contributed by atoms with Crippen LogP contribution in [-0.4, -0.2) is 0 Å². The van der Waals surface area contributed by atoms with Crippen LogP contribution in [0.15, 0.2) is 24.3 Å². The zero-order valence-electron chi connectivity index (χ0n) is 9.89. The van der Waals surface area contributed by atoms with Gasteiger partial charge in [-0.1, -0.05) is 41.9 Å². The monoisotopic (exact) mass is 308 g/mol. The maximum Gasteiger partial charge on any atom is 0.416 e. The molecule has 0 fully saturated rings. The van der Waals surface area contributed by atoms with Crippen molar-refractivity contribution in [1.29, 1.82) is 0 Å². The highest BCUT2D eigenvalue weighted by Crippen LogP contribution is 2.33. The maximum atomic E-state index is 12.4. The second-order valence-electron chi connectivity index (χ2n) is 4.56. The highest BCUT2D eigenvalue weighted by Gasteiger charge is 2.30. The summed E-state index contributed by atoms with van der Waals surface area (Å²) in [5.74, 6) is 0.601. The molecule has 1 atom stereocenters. The lowest BCUT2D eigenvalue weighted by molar-refractivity contribution is -0.137. The normalized spacial score (nSPS) is 14.1. The van der Waals surface area contributed by atoms with Crippen LogP contribution in [0.2, 0.25) is 0 Å². The van der Waals surface area contributed by atoms with Crippen molar-refractivity contribution in [2.45, 2.75) is 37.7 Å². The Labute approximate surface area is 108 Å². The Bertz CT molecular complexity index is 341. The fourth-order valence-electron chi connectivity index (χ4n) is 1.53. The average Bonchev–Trinajstić information content (AvgIpc) is 2.25. The molecular weight excluding hydrogens is 293 g/mol. The van der Waals surface area contributed by atoms with Crippen LogP contribution in [-0.2, 0) is 6.18 Å². The van der Waals surface area contributed by atoms with Crippen molar-refractivity contribution in [3.05, 3.63) is 35.4 Å². The van der Waals surface area contributed by atoms with Gasteiger partial charge in [-0.3, -0.25) is 0 Å². The molecule has 0 aliphatic heterocycles. The van der Waals surface area contributed by atoms with Crippen LogP contribution >= 0.6 is 15.9 Å². The van der Waals surface area contributed by atoms with Gasteiger partial charge in [-0.05, 0) is 36.5 Å². The van der Waals surface area contributed by atoms with E-state index in [-0.39, 0.29) is 4.83 Å². The minimum atomic E-state index is -4.25. The maximum absolute atomic E-state index is 12.4. The van der Waals surface area contributed by atoms with Crippen molar-refractivity contribution in [1.82, 2.24) is 0 Å². The van der Waals surface area contributed by atoms with E-state index >= 15 is 0 Å². The van der Waals surface area contributed by atoms with Gasteiger partial charge >= 0.3 is 6.18 Å². The van der Waals surface area contributed by atoms with Gasteiger partial charge in [0.05, 0.1) is 5.56 Å². The summed E-state index contributed by atoms with van der Waals surface area (Å²) in [6.07, 6.45) is -2.27. The summed E-state index contributed by atoms with van der Waals surface area (Å²) in [7, 11) is 0. The van der Waals surface area contributed by atoms with Gasteiger partial charge in [0.15, 0.2) is 0 Å². The van der Waals surface area contributed by atoms with E-state index in [9.17, 15) is 13.2 Å². The van der Waals surface area contributed by atoms with Crippen LogP contribution in [0.3, 0.4) is 0 Å². The lowest BCUT2D eigenvalue weighted by Crippen LogP contribution is -2.04. The fourth-order valence-corrected chi connectivity index (χ4v) is 2.10. The van der Waals surface area contributed by atoms with E-state index in [2.05, 4.69) is 29.8 Å². The van der Waals surface area contributed by atoms with Crippen LogP contribution in [0.5, 0.6) is 0 Å². The van der Waals surface area contributed by atoms with Gasteiger partial charge in [-0.2, -0.15) is 13.2 Å². The predicted octanol–water partition coefficient (Wildman–Crippen LogP) is 5.58. The van der Waals surface area contributed by atoms with Crippen molar-refractivity contribution >= 4 is 15.9 Å². The van der Waals surface area contributed by atoms with Crippen molar-refractivity contribution in [3.8, 4) is 0 Å². The molecule has 1 aromatic rings. The van der Waals surface area contributed by atoms with E-state index in [0.717, 1.165) is 30.5 Å². The van der Waals surface area contributed by atoms with Crippen LogP contribution in [0.25, 0.3) is 0 Å². The highest BCUT2D eigenvalue weighted by atomic mass is 79.9. The molecule has 96 valence electrons. The molecule has 0 amide bonds. The highest BCUT2D eigenvalue weighted by molar-refractivity contribution is 9.09. The first-order valence-electron chi connectivity index (χ1n) is 5.62. The molecular formula is C13H16BrF3. The Morgan fingerprint density at radius 2 is 1.59 bits per heavy atom. The van der Waals surface area contributed by atoms with Crippen LogP contribution in [0, 0.1) is 5.92 Å². The van der Waals surface area contributed by atoms with Gasteiger partial charge in [0.1, 0.15) is 0 Å². The molecule has 17 heavy (non-hydrogen) atoms. The molecule has 0 unspecified atom stereocenters. The van der Waals surface area contributed by atoms with E-state index in [1.165, 1.54) is 0 Å². The zero-order chi connectivity index (χ0) is 13.1. The summed E-state index contributed by atoms with van der Waals surface area (Å²) in [5, 5.41) is 0. The number of halogens is 4. The second-order valence-corrected chi connectivity index (χ2v) is 5.66. The largest absolute Gasteiger partial charge is 0.416 e. The van der Waals surface area contributed by atoms with Gasteiger partial charge in [0, 0.05) is 4.83 Å². The second kappa shape index (κ2) is 5.89. The number of benzene rings is 1. The van der Waals surface area contributed by atoms with E-state index in [1.54, 1.807) is 12.1 Å². The standard InChI is InChI=1S/C13H16BrF3/c1-9(2)3-8-12(14)10-4-6-11(7-5-10)13(15,16)17/h4-7,9,12H,3,8H2,1-2H3/t12-/m1/s1. The van der Waals surface area contributed by atoms with Crippen LogP contribution < -0.4 is 0 Å². The number of hydrogen-bond donors (Lipinski definition) is 0.